The molecule has 0 saturated heterocycles. The van der Waals surface area contributed by atoms with Crippen LogP contribution in [0.15, 0.2) is 18.3 Å². The molecule has 1 aromatic heterocycles. The molecule has 0 atom stereocenters. The van der Waals surface area contributed by atoms with Crippen LogP contribution in [0.25, 0.3) is 0 Å². The summed E-state index contributed by atoms with van der Waals surface area (Å²) in [6.07, 6.45) is -4.01. The molecule has 0 aliphatic rings. The van der Waals surface area contributed by atoms with Gasteiger partial charge in [0.25, 0.3) is 0 Å². The average Bonchev–Trinajstić information content (AvgIpc) is 2.14. The van der Waals surface area contributed by atoms with Crippen LogP contribution in [-0.2, 0) is 6.42 Å². The van der Waals surface area contributed by atoms with Crippen molar-refractivity contribution in [1.82, 2.24) is 4.98 Å². The van der Waals surface area contributed by atoms with E-state index in [2.05, 4.69) is 4.98 Å². The van der Waals surface area contributed by atoms with Crippen molar-refractivity contribution in [3.63, 3.8) is 0 Å². The molecule has 0 unspecified atom stereocenters. The molecule has 0 aliphatic carbocycles. The van der Waals surface area contributed by atoms with E-state index < -0.39 is 12.6 Å². The molecule has 5 heteroatoms. The van der Waals surface area contributed by atoms with Gasteiger partial charge in [0, 0.05) is 12.6 Å². The van der Waals surface area contributed by atoms with Gasteiger partial charge in [0.2, 0.25) is 0 Å². The van der Waals surface area contributed by atoms with Gasteiger partial charge in [0.1, 0.15) is 6.07 Å². The van der Waals surface area contributed by atoms with Crippen LogP contribution in [0.2, 0.25) is 0 Å². The SMILES string of the molecule is N#Cc1cccnc1CCC(F)(F)F. The quantitative estimate of drug-likeness (QED) is 0.735. The lowest BCUT2D eigenvalue weighted by molar-refractivity contribution is -0.134. The Morgan fingerprint density at radius 3 is 2.71 bits per heavy atom. The number of pyridine rings is 1. The van der Waals surface area contributed by atoms with Gasteiger partial charge in [-0.15, -0.1) is 0 Å². The Hall–Kier alpha value is -1.57. The predicted octanol–water partition coefficient (Wildman–Crippen LogP) is 2.45. The molecule has 0 aromatic carbocycles. The maximum atomic E-state index is 11.9. The molecule has 0 amide bonds. The van der Waals surface area contributed by atoms with E-state index in [-0.39, 0.29) is 17.7 Å². The van der Waals surface area contributed by atoms with Crippen molar-refractivity contribution >= 4 is 0 Å². The van der Waals surface area contributed by atoms with Gasteiger partial charge < -0.3 is 0 Å². The summed E-state index contributed by atoms with van der Waals surface area (Å²) in [6, 6.07) is 4.78. The molecule has 0 N–H and O–H groups in total. The van der Waals surface area contributed by atoms with Crippen LogP contribution >= 0.6 is 0 Å². The van der Waals surface area contributed by atoms with E-state index in [1.807, 2.05) is 0 Å². The van der Waals surface area contributed by atoms with Crippen molar-refractivity contribution < 1.29 is 13.2 Å². The molecule has 0 aliphatic heterocycles. The molecule has 0 bridgehead atoms. The number of halogens is 3. The zero-order chi connectivity index (χ0) is 10.6. The van der Waals surface area contributed by atoms with Gasteiger partial charge in [-0.25, -0.2) is 0 Å². The molecular formula is C9H7F3N2. The van der Waals surface area contributed by atoms with Gasteiger partial charge in [-0.3, -0.25) is 4.98 Å². The third-order valence-corrected chi connectivity index (χ3v) is 1.66. The summed E-state index contributed by atoms with van der Waals surface area (Å²) < 4.78 is 35.6. The summed E-state index contributed by atoms with van der Waals surface area (Å²) in [4.78, 5) is 3.73. The monoisotopic (exact) mass is 200 g/mol. The summed E-state index contributed by atoms with van der Waals surface area (Å²) in [6.45, 7) is 0. The van der Waals surface area contributed by atoms with Crippen molar-refractivity contribution in [3.8, 4) is 6.07 Å². The second-order valence-corrected chi connectivity index (χ2v) is 2.72. The van der Waals surface area contributed by atoms with Crippen LogP contribution in [0, 0.1) is 11.3 Å². The lowest BCUT2D eigenvalue weighted by Gasteiger charge is -2.05. The van der Waals surface area contributed by atoms with Gasteiger partial charge in [0.15, 0.2) is 0 Å². The van der Waals surface area contributed by atoms with E-state index in [0.717, 1.165) is 0 Å². The highest BCUT2D eigenvalue weighted by Crippen LogP contribution is 2.22. The molecular weight excluding hydrogens is 193 g/mol. The number of aryl methyl sites for hydroxylation is 1. The third kappa shape index (κ3) is 3.05. The fourth-order valence-electron chi connectivity index (χ4n) is 0.999. The first-order valence-electron chi connectivity index (χ1n) is 3.93. The number of aromatic nitrogens is 1. The second kappa shape index (κ2) is 4.09. The van der Waals surface area contributed by atoms with Crippen LogP contribution in [0.5, 0.6) is 0 Å². The minimum atomic E-state index is -4.20. The zero-order valence-electron chi connectivity index (χ0n) is 7.17. The standard InChI is InChI=1S/C9H7F3N2/c10-9(11,12)4-3-8-7(6-13)2-1-5-14-8/h1-2,5H,3-4H2. The summed E-state index contributed by atoms with van der Waals surface area (Å²) in [5.41, 5.74) is 0.407. The smallest absolute Gasteiger partial charge is 0.260 e. The minimum Gasteiger partial charge on any atom is -0.260 e. The first kappa shape index (κ1) is 10.5. The molecule has 0 radical (unpaired) electrons. The van der Waals surface area contributed by atoms with Crippen molar-refractivity contribution in [3.05, 3.63) is 29.6 Å². The number of rotatable bonds is 2. The molecule has 0 saturated carbocycles. The van der Waals surface area contributed by atoms with Gasteiger partial charge in [-0.1, -0.05) is 0 Å². The zero-order valence-corrected chi connectivity index (χ0v) is 7.17. The molecule has 1 rings (SSSR count). The Morgan fingerprint density at radius 2 is 2.14 bits per heavy atom. The lowest BCUT2D eigenvalue weighted by Crippen LogP contribution is -2.09. The van der Waals surface area contributed by atoms with Gasteiger partial charge in [-0.2, -0.15) is 18.4 Å². The van der Waals surface area contributed by atoms with Gasteiger partial charge in [-0.05, 0) is 18.6 Å². The van der Waals surface area contributed by atoms with Crippen LogP contribution in [0.1, 0.15) is 17.7 Å². The van der Waals surface area contributed by atoms with E-state index in [0.29, 0.717) is 0 Å². The summed E-state index contributed by atoms with van der Waals surface area (Å²) >= 11 is 0. The van der Waals surface area contributed by atoms with Gasteiger partial charge >= 0.3 is 6.18 Å². The Morgan fingerprint density at radius 1 is 1.43 bits per heavy atom. The predicted molar refractivity (Wildman–Crippen MR) is 43.3 cm³/mol. The summed E-state index contributed by atoms with van der Waals surface area (Å²) in [5, 5.41) is 8.58. The minimum absolute atomic E-state index is 0.201. The number of hydrogen-bond donors (Lipinski definition) is 0. The van der Waals surface area contributed by atoms with Crippen molar-refractivity contribution in [2.24, 2.45) is 0 Å². The van der Waals surface area contributed by atoms with E-state index in [9.17, 15) is 13.2 Å². The first-order chi connectivity index (χ1) is 6.53. The van der Waals surface area contributed by atoms with Crippen LogP contribution in [0.3, 0.4) is 0 Å². The van der Waals surface area contributed by atoms with E-state index in [1.165, 1.54) is 18.3 Å². The Kier molecular flexibility index (Phi) is 3.07. The molecule has 0 fully saturated rings. The van der Waals surface area contributed by atoms with Crippen molar-refractivity contribution in [1.29, 1.82) is 5.26 Å². The highest BCUT2D eigenvalue weighted by atomic mass is 19.4. The Labute approximate surface area is 79.0 Å². The van der Waals surface area contributed by atoms with E-state index in [4.69, 9.17) is 5.26 Å². The van der Waals surface area contributed by atoms with E-state index in [1.54, 1.807) is 6.07 Å². The van der Waals surface area contributed by atoms with E-state index >= 15 is 0 Å². The molecule has 1 aromatic rings. The Bertz CT molecular complexity index is 352. The maximum absolute atomic E-state index is 11.9. The van der Waals surface area contributed by atoms with Crippen molar-refractivity contribution in [2.75, 3.05) is 0 Å². The molecule has 14 heavy (non-hydrogen) atoms. The summed E-state index contributed by atoms with van der Waals surface area (Å²) in [5.74, 6) is 0. The largest absolute Gasteiger partial charge is 0.389 e. The topological polar surface area (TPSA) is 36.7 Å². The lowest BCUT2D eigenvalue weighted by atomic mass is 10.1. The highest BCUT2D eigenvalue weighted by Gasteiger charge is 2.27. The maximum Gasteiger partial charge on any atom is 0.389 e. The normalized spacial score (nSPS) is 11.0. The van der Waals surface area contributed by atoms with Gasteiger partial charge in [0.05, 0.1) is 11.3 Å². The first-order valence-corrected chi connectivity index (χ1v) is 3.93. The molecule has 1 heterocycles. The van der Waals surface area contributed by atoms with Crippen LogP contribution < -0.4 is 0 Å². The molecule has 2 nitrogen and oxygen atoms in total. The average molecular weight is 200 g/mol. The van der Waals surface area contributed by atoms with Crippen molar-refractivity contribution in [2.45, 2.75) is 19.0 Å². The molecule has 74 valence electrons. The molecule has 0 spiro atoms. The van der Waals surface area contributed by atoms with Crippen LogP contribution in [0.4, 0.5) is 13.2 Å². The fourth-order valence-corrected chi connectivity index (χ4v) is 0.999. The second-order valence-electron chi connectivity index (χ2n) is 2.72. The Balaban J connectivity index is 2.73. The number of alkyl halides is 3. The number of hydrogen-bond acceptors (Lipinski definition) is 2. The number of nitriles is 1. The van der Waals surface area contributed by atoms with Crippen LogP contribution in [-0.4, -0.2) is 11.2 Å². The third-order valence-electron chi connectivity index (χ3n) is 1.66. The summed E-state index contributed by atoms with van der Waals surface area (Å²) in [7, 11) is 0. The highest BCUT2D eigenvalue weighted by molar-refractivity contribution is 5.32. The number of nitrogens with zero attached hydrogens (tertiary/aromatic N) is 2. The fraction of sp³-hybridized carbons (Fsp3) is 0.333.